The normalized spacial score (nSPS) is 16.0. The molecule has 1 aliphatic rings. The Kier molecular flexibility index (Phi) is 4.22. The van der Waals surface area contributed by atoms with Gasteiger partial charge >= 0.3 is 5.69 Å². The van der Waals surface area contributed by atoms with E-state index in [-0.39, 0.29) is 23.3 Å². The van der Waals surface area contributed by atoms with Gasteiger partial charge in [0, 0.05) is 25.9 Å². The Balaban J connectivity index is 2.31. The van der Waals surface area contributed by atoms with Crippen LogP contribution in [0.25, 0.3) is 0 Å². The quantitative estimate of drug-likeness (QED) is 0.625. The van der Waals surface area contributed by atoms with Crippen LogP contribution in [0.5, 0.6) is 5.75 Å². The lowest BCUT2D eigenvalue weighted by Crippen LogP contribution is -2.35. The van der Waals surface area contributed by atoms with E-state index in [1.807, 2.05) is 11.9 Å². The summed E-state index contributed by atoms with van der Waals surface area (Å²) in [4.78, 5) is 24.1. The second-order valence-electron chi connectivity index (χ2n) is 4.97. The van der Waals surface area contributed by atoms with Crippen LogP contribution in [0.15, 0.2) is 18.2 Å². The monoisotopic (exact) mass is 278 g/mol. The minimum Gasteiger partial charge on any atom is -0.490 e. The number of rotatable bonds is 4. The molecular formula is C14H18N2O4. The molecule has 20 heavy (non-hydrogen) atoms. The smallest absolute Gasteiger partial charge is 0.333 e. The van der Waals surface area contributed by atoms with Crippen molar-refractivity contribution >= 4 is 17.2 Å². The summed E-state index contributed by atoms with van der Waals surface area (Å²) in [7, 11) is 3.26. The first kappa shape index (κ1) is 14.3. The molecule has 6 nitrogen and oxygen atoms in total. The number of ketones is 1. The van der Waals surface area contributed by atoms with Gasteiger partial charge in [0.2, 0.25) is 0 Å². The molecule has 0 N–H and O–H groups in total. The molecule has 0 aromatic heterocycles. The Hall–Kier alpha value is -2.11. The maximum atomic E-state index is 11.3. The number of carbonyl (C=O) groups is 1. The van der Waals surface area contributed by atoms with Crippen molar-refractivity contribution in [3.63, 3.8) is 0 Å². The maximum Gasteiger partial charge on any atom is 0.333 e. The minimum atomic E-state index is -0.418. The zero-order valence-electron chi connectivity index (χ0n) is 11.7. The molecule has 6 heteroatoms. The van der Waals surface area contributed by atoms with E-state index in [1.165, 1.54) is 7.11 Å². The maximum absolute atomic E-state index is 11.3. The highest BCUT2D eigenvalue weighted by atomic mass is 16.6. The van der Waals surface area contributed by atoms with E-state index < -0.39 is 4.92 Å². The Bertz CT molecular complexity index is 520. The van der Waals surface area contributed by atoms with Crippen LogP contribution < -0.4 is 9.64 Å². The molecule has 1 aromatic carbocycles. The summed E-state index contributed by atoms with van der Waals surface area (Å²) in [6, 6.07) is 5.20. The van der Waals surface area contributed by atoms with Gasteiger partial charge < -0.3 is 9.64 Å². The van der Waals surface area contributed by atoms with Crippen LogP contribution in [0.2, 0.25) is 0 Å². The van der Waals surface area contributed by atoms with Gasteiger partial charge in [-0.1, -0.05) is 6.07 Å². The summed E-state index contributed by atoms with van der Waals surface area (Å²) in [6.07, 6.45) is 2.58. The average molecular weight is 278 g/mol. The van der Waals surface area contributed by atoms with Crippen LogP contribution in [0.1, 0.15) is 25.7 Å². The summed E-state index contributed by atoms with van der Waals surface area (Å²) >= 11 is 0. The molecule has 1 saturated carbocycles. The Morgan fingerprint density at radius 2 is 2.00 bits per heavy atom. The third kappa shape index (κ3) is 2.74. The van der Waals surface area contributed by atoms with Gasteiger partial charge in [-0.05, 0) is 25.0 Å². The number of para-hydroxylation sites is 1. The standard InChI is InChI=1S/C14H18N2O4/c1-15(10-6-8-11(17)9-7-10)12-4-3-5-13(20-2)14(12)16(18)19/h3-5,10H,6-9H2,1-2H3. The van der Waals surface area contributed by atoms with E-state index in [2.05, 4.69) is 0 Å². The number of ether oxygens (including phenoxy) is 1. The fourth-order valence-electron chi connectivity index (χ4n) is 2.65. The predicted octanol–water partition coefficient (Wildman–Crippen LogP) is 2.55. The highest BCUT2D eigenvalue weighted by Gasteiger charge is 2.28. The van der Waals surface area contributed by atoms with Crippen LogP contribution >= 0.6 is 0 Å². The summed E-state index contributed by atoms with van der Waals surface area (Å²) in [5.74, 6) is 0.529. The number of hydrogen-bond donors (Lipinski definition) is 0. The average Bonchev–Trinajstić information content (AvgIpc) is 2.46. The number of nitro groups is 1. The number of anilines is 1. The van der Waals surface area contributed by atoms with Gasteiger partial charge in [0.15, 0.2) is 5.75 Å². The van der Waals surface area contributed by atoms with Crippen molar-refractivity contribution in [3.05, 3.63) is 28.3 Å². The molecule has 2 rings (SSSR count). The van der Waals surface area contributed by atoms with E-state index in [9.17, 15) is 14.9 Å². The van der Waals surface area contributed by atoms with E-state index >= 15 is 0 Å². The van der Waals surface area contributed by atoms with Crippen molar-refractivity contribution in [2.24, 2.45) is 0 Å². The third-order valence-corrected chi connectivity index (χ3v) is 3.82. The zero-order valence-corrected chi connectivity index (χ0v) is 11.7. The lowest BCUT2D eigenvalue weighted by Gasteiger charge is -2.32. The van der Waals surface area contributed by atoms with Gasteiger partial charge in [-0.15, -0.1) is 0 Å². The molecule has 0 unspecified atom stereocenters. The van der Waals surface area contributed by atoms with E-state index in [1.54, 1.807) is 18.2 Å². The number of nitrogens with zero attached hydrogens (tertiary/aromatic N) is 2. The Labute approximate surface area is 117 Å². The van der Waals surface area contributed by atoms with Crippen molar-refractivity contribution in [2.75, 3.05) is 19.1 Å². The Morgan fingerprint density at radius 3 is 2.55 bits per heavy atom. The Morgan fingerprint density at radius 1 is 1.35 bits per heavy atom. The molecule has 1 aromatic rings. The summed E-state index contributed by atoms with van der Waals surface area (Å²) < 4.78 is 5.08. The molecule has 1 fully saturated rings. The number of benzene rings is 1. The van der Waals surface area contributed by atoms with Crippen molar-refractivity contribution in [1.29, 1.82) is 0 Å². The fraction of sp³-hybridized carbons (Fsp3) is 0.500. The molecule has 0 bridgehead atoms. The van der Waals surface area contributed by atoms with Crippen LogP contribution in [-0.2, 0) is 4.79 Å². The lowest BCUT2D eigenvalue weighted by molar-refractivity contribution is -0.385. The van der Waals surface area contributed by atoms with Crippen molar-refractivity contribution in [3.8, 4) is 5.75 Å². The van der Waals surface area contributed by atoms with Crippen LogP contribution in [-0.4, -0.2) is 30.9 Å². The first-order chi connectivity index (χ1) is 9.54. The van der Waals surface area contributed by atoms with Crippen LogP contribution in [0, 0.1) is 10.1 Å². The number of hydrogen-bond acceptors (Lipinski definition) is 5. The van der Waals surface area contributed by atoms with E-state index in [0.717, 1.165) is 12.8 Å². The minimum absolute atomic E-state index is 0.0191. The highest BCUT2D eigenvalue weighted by Crippen LogP contribution is 2.38. The first-order valence-corrected chi connectivity index (χ1v) is 6.60. The molecule has 1 aliphatic carbocycles. The molecule has 0 amide bonds. The van der Waals surface area contributed by atoms with Crippen LogP contribution in [0.3, 0.4) is 0 Å². The topological polar surface area (TPSA) is 72.7 Å². The van der Waals surface area contributed by atoms with Gasteiger partial charge in [0.25, 0.3) is 0 Å². The third-order valence-electron chi connectivity index (χ3n) is 3.82. The second-order valence-corrected chi connectivity index (χ2v) is 4.97. The zero-order chi connectivity index (χ0) is 14.7. The largest absolute Gasteiger partial charge is 0.490 e. The number of methoxy groups -OCH3 is 1. The SMILES string of the molecule is COc1cccc(N(C)C2CCC(=O)CC2)c1[N+](=O)[O-]. The lowest BCUT2D eigenvalue weighted by atomic mass is 9.93. The molecule has 0 saturated heterocycles. The molecule has 0 spiro atoms. The summed E-state index contributed by atoms with van der Waals surface area (Å²) in [6.45, 7) is 0. The molecule has 108 valence electrons. The molecule has 0 atom stereocenters. The number of carbonyl (C=O) groups excluding carboxylic acids is 1. The highest BCUT2D eigenvalue weighted by molar-refractivity contribution is 5.79. The van der Waals surface area contributed by atoms with E-state index in [4.69, 9.17) is 4.74 Å². The number of nitro benzene ring substituents is 1. The molecular weight excluding hydrogens is 260 g/mol. The molecule has 0 radical (unpaired) electrons. The van der Waals surface area contributed by atoms with Crippen LogP contribution in [0.4, 0.5) is 11.4 Å². The molecule has 0 aliphatic heterocycles. The van der Waals surface area contributed by atoms with Gasteiger partial charge in [-0.2, -0.15) is 0 Å². The van der Waals surface area contributed by atoms with E-state index in [0.29, 0.717) is 18.5 Å². The molecule has 0 heterocycles. The van der Waals surface area contributed by atoms with Gasteiger partial charge in [-0.25, -0.2) is 0 Å². The number of Topliss-reactive ketones (excluding diaryl/α,β-unsaturated/α-hetero) is 1. The van der Waals surface area contributed by atoms with Gasteiger partial charge in [-0.3, -0.25) is 14.9 Å². The van der Waals surface area contributed by atoms with Crippen molar-refractivity contribution in [1.82, 2.24) is 0 Å². The summed E-state index contributed by atoms with van der Waals surface area (Å²) in [5, 5.41) is 11.3. The second kappa shape index (κ2) is 5.90. The van der Waals surface area contributed by atoms with Gasteiger partial charge in [0.05, 0.1) is 12.0 Å². The van der Waals surface area contributed by atoms with Crippen molar-refractivity contribution < 1.29 is 14.5 Å². The fourth-order valence-corrected chi connectivity index (χ4v) is 2.65. The van der Waals surface area contributed by atoms with Crippen molar-refractivity contribution in [2.45, 2.75) is 31.7 Å². The predicted molar refractivity (Wildman–Crippen MR) is 75.3 cm³/mol. The summed E-state index contributed by atoms with van der Waals surface area (Å²) in [5.41, 5.74) is 0.517. The first-order valence-electron chi connectivity index (χ1n) is 6.60. The van der Waals surface area contributed by atoms with Gasteiger partial charge in [0.1, 0.15) is 11.5 Å².